The fourth-order valence-corrected chi connectivity index (χ4v) is 2.70. The Bertz CT molecular complexity index is 612. The number of aryl methyl sites for hydroxylation is 1. The number of hydrogen-bond donors (Lipinski definition) is 1. The molecular formula is C13H16N4O2S. The van der Waals surface area contributed by atoms with Crippen molar-refractivity contribution in [1.29, 1.82) is 0 Å². The summed E-state index contributed by atoms with van der Waals surface area (Å²) in [5.74, 6) is 0.234. The number of anilines is 1. The fraction of sp³-hybridized carbons (Fsp3) is 0.308. The molecular weight excluding hydrogens is 276 g/mol. The first-order valence-electron chi connectivity index (χ1n) is 6.13. The van der Waals surface area contributed by atoms with E-state index in [1.165, 1.54) is 18.0 Å². The highest BCUT2D eigenvalue weighted by Gasteiger charge is 2.17. The Morgan fingerprint density at radius 1 is 1.50 bits per heavy atom. The number of nitrogen functional groups attached to an aromatic ring is 1. The van der Waals surface area contributed by atoms with E-state index in [9.17, 15) is 4.79 Å². The van der Waals surface area contributed by atoms with Gasteiger partial charge in [0, 0.05) is 23.9 Å². The molecule has 0 spiro atoms. The van der Waals surface area contributed by atoms with Gasteiger partial charge in [-0.3, -0.25) is 9.67 Å². The normalized spacial score (nSPS) is 10.5. The Morgan fingerprint density at radius 3 is 3.00 bits per heavy atom. The van der Waals surface area contributed by atoms with E-state index in [1.54, 1.807) is 31.0 Å². The maximum absolute atomic E-state index is 11.8. The van der Waals surface area contributed by atoms with Crippen LogP contribution in [0.5, 0.6) is 0 Å². The summed E-state index contributed by atoms with van der Waals surface area (Å²) in [4.78, 5) is 16.7. The predicted molar refractivity (Wildman–Crippen MR) is 77.4 cm³/mol. The molecule has 0 unspecified atom stereocenters. The van der Waals surface area contributed by atoms with Crippen molar-refractivity contribution in [2.75, 3.05) is 12.3 Å². The fourth-order valence-electron chi connectivity index (χ4n) is 1.68. The number of rotatable bonds is 5. The summed E-state index contributed by atoms with van der Waals surface area (Å²) >= 11 is 1.53. The molecule has 0 aromatic carbocycles. The third-order valence-corrected chi connectivity index (χ3v) is 3.83. The number of thioether (sulfide) groups is 1. The number of pyridine rings is 1. The molecule has 2 aromatic rings. The first kappa shape index (κ1) is 14.4. The van der Waals surface area contributed by atoms with Crippen LogP contribution in [0.4, 0.5) is 5.69 Å². The van der Waals surface area contributed by atoms with Gasteiger partial charge in [0.25, 0.3) is 0 Å². The lowest BCUT2D eigenvalue weighted by atomic mass is 10.3. The maximum atomic E-state index is 11.8. The first-order chi connectivity index (χ1) is 9.63. The number of esters is 1. The largest absolute Gasteiger partial charge is 0.462 e. The molecule has 0 saturated heterocycles. The molecule has 0 aliphatic carbocycles. The van der Waals surface area contributed by atoms with Crippen LogP contribution in [0.25, 0.3) is 0 Å². The van der Waals surface area contributed by atoms with Crippen molar-refractivity contribution >= 4 is 23.4 Å². The second-order valence-electron chi connectivity index (χ2n) is 4.05. The highest BCUT2D eigenvalue weighted by molar-refractivity contribution is 7.98. The number of aromatic nitrogens is 3. The smallest absolute Gasteiger partial charge is 0.341 e. The van der Waals surface area contributed by atoms with Gasteiger partial charge >= 0.3 is 5.97 Å². The van der Waals surface area contributed by atoms with E-state index in [0.29, 0.717) is 23.6 Å². The van der Waals surface area contributed by atoms with Crippen LogP contribution in [0.2, 0.25) is 0 Å². The van der Waals surface area contributed by atoms with Crippen LogP contribution in [0.15, 0.2) is 29.6 Å². The zero-order valence-electron chi connectivity index (χ0n) is 11.4. The molecule has 2 aromatic heterocycles. The van der Waals surface area contributed by atoms with E-state index in [2.05, 4.69) is 10.1 Å². The lowest BCUT2D eigenvalue weighted by molar-refractivity contribution is 0.0525. The molecule has 2 heterocycles. The number of nitrogens with zero attached hydrogens (tertiary/aromatic N) is 3. The molecule has 0 saturated carbocycles. The summed E-state index contributed by atoms with van der Waals surface area (Å²) in [5, 5.41) is 4.11. The van der Waals surface area contributed by atoms with Crippen LogP contribution in [-0.4, -0.2) is 27.3 Å². The molecule has 20 heavy (non-hydrogen) atoms. The quantitative estimate of drug-likeness (QED) is 0.669. The Balaban J connectivity index is 2.15. The van der Waals surface area contributed by atoms with Crippen LogP contribution < -0.4 is 5.73 Å². The van der Waals surface area contributed by atoms with E-state index >= 15 is 0 Å². The van der Waals surface area contributed by atoms with Crippen molar-refractivity contribution in [2.45, 2.75) is 17.6 Å². The number of carbonyl (C=O) groups excluding carboxylic acids is 1. The minimum Gasteiger partial charge on any atom is -0.462 e. The van der Waals surface area contributed by atoms with Gasteiger partial charge in [0.2, 0.25) is 0 Å². The van der Waals surface area contributed by atoms with Crippen molar-refractivity contribution in [3.63, 3.8) is 0 Å². The molecule has 0 atom stereocenters. The van der Waals surface area contributed by atoms with Gasteiger partial charge in [0.05, 0.1) is 30.4 Å². The number of carbonyl (C=O) groups is 1. The number of hydrogen-bond acceptors (Lipinski definition) is 6. The summed E-state index contributed by atoms with van der Waals surface area (Å²) in [6.07, 6.45) is 4.83. The Morgan fingerprint density at radius 2 is 2.30 bits per heavy atom. The van der Waals surface area contributed by atoms with Gasteiger partial charge in [-0.25, -0.2) is 4.79 Å². The van der Waals surface area contributed by atoms with Crippen molar-refractivity contribution in [2.24, 2.45) is 7.05 Å². The molecule has 2 N–H and O–H groups in total. The average molecular weight is 292 g/mol. The standard InChI is InChI=1S/C13H16N4O2S/c1-3-19-13(18)9-6-16-17(2)11(9)8-20-12-4-5-15-7-10(12)14/h4-7H,3,8,14H2,1-2H3. The minimum absolute atomic E-state index is 0.345. The second-order valence-corrected chi connectivity index (χ2v) is 5.07. The van der Waals surface area contributed by atoms with E-state index in [1.807, 2.05) is 6.07 Å². The third kappa shape index (κ3) is 3.11. The lowest BCUT2D eigenvalue weighted by Gasteiger charge is -2.07. The van der Waals surface area contributed by atoms with Crippen LogP contribution in [0, 0.1) is 0 Å². The summed E-state index contributed by atoms with van der Waals surface area (Å²) in [5.41, 5.74) is 7.77. The number of nitrogens with two attached hydrogens (primary N) is 1. The average Bonchev–Trinajstić information content (AvgIpc) is 2.79. The highest BCUT2D eigenvalue weighted by atomic mass is 32.2. The molecule has 0 fully saturated rings. The maximum Gasteiger partial charge on any atom is 0.341 e. The summed E-state index contributed by atoms with van der Waals surface area (Å²) in [6.45, 7) is 2.12. The molecule has 106 valence electrons. The van der Waals surface area contributed by atoms with Gasteiger partial charge in [-0.05, 0) is 13.0 Å². The molecule has 6 nitrogen and oxygen atoms in total. The lowest BCUT2D eigenvalue weighted by Crippen LogP contribution is -2.08. The second kappa shape index (κ2) is 6.42. The summed E-state index contributed by atoms with van der Waals surface area (Å²) < 4.78 is 6.70. The number of ether oxygens (including phenoxy) is 1. The Kier molecular flexibility index (Phi) is 4.62. The predicted octanol–water partition coefficient (Wildman–Crippen LogP) is 1.87. The van der Waals surface area contributed by atoms with Gasteiger partial charge in [-0.2, -0.15) is 5.10 Å². The van der Waals surface area contributed by atoms with Crippen molar-refractivity contribution < 1.29 is 9.53 Å². The molecule has 7 heteroatoms. The Hall–Kier alpha value is -2.02. The topological polar surface area (TPSA) is 83.0 Å². The van der Waals surface area contributed by atoms with Gasteiger partial charge in [-0.1, -0.05) is 0 Å². The molecule has 0 aliphatic heterocycles. The van der Waals surface area contributed by atoms with Gasteiger partial charge in [-0.15, -0.1) is 11.8 Å². The molecule has 0 bridgehead atoms. The summed E-state index contributed by atoms with van der Waals surface area (Å²) in [7, 11) is 1.80. The SMILES string of the molecule is CCOC(=O)c1cnn(C)c1CSc1ccncc1N. The van der Waals surface area contributed by atoms with Gasteiger partial charge in [0.15, 0.2) is 0 Å². The third-order valence-electron chi connectivity index (χ3n) is 2.73. The van der Waals surface area contributed by atoms with E-state index in [-0.39, 0.29) is 5.97 Å². The van der Waals surface area contributed by atoms with Gasteiger partial charge in [0.1, 0.15) is 5.56 Å². The van der Waals surface area contributed by atoms with E-state index in [4.69, 9.17) is 10.5 Å². The van der Waals surface area contributed by atoms with Crippen LogP contribution in [0.3, 0.4) is 0 Å². The monoisotopic (exact) mass is 292 g/mol. The van der Waals surface area contributed by atoms with E-state index in [0.717, 1.165) is 10.6 Å². The van der Waals surface area contributed by atoms with Gasteiger partial charge < -0.3 is 10.5 Å². The van der Waals surface area contributed by atoms with Crippen LogP contribution in [0.1, 0.15) is 23.0 Å². The van der Waals surface area contributed by atoms with Crippen LogP contribution in [-0.2, 0) is 17.5 Å². The zero-order valence-corrected chi connectivity index (χ0v) is 12.2. The molecule has 0 radical (unpaired) electrons. The van der Waals surface area contributed by atoms with Crippen molar-refractivity contribution in [3.8, 4) is 0 Å². The van der Waals surface area contributed by atoms with Crippen molar-refractivity contribution in [1.82, 2.24) is 14.8 Å². The van der Waals surface area contributed by atoms with Crippen molar-refractivity contribution in [3.05, 3.63) is 35.9 Å². The molecule has 0 amide bonds. The first-order valence-corrected chi connectivity index (χ1v) is 7.12. The molecule has 2 rings (SSSR count). The zero-order chi connectivity index (χ0) is 14.5. The Labute approximate surface area is 121 Å². The summed E-state index contributed by atoms with van der Waals surface area (Å²) in [6, 6.07) is 1.85. The van der Waals surface area contributed by atoms with E-state index < -0.39 is 0 Å². The minimum atomic E-state index is -0.348. The van der Waals surface area contributed by atoms with Crippen LogP contribution >= 0.6 is 11.8 Å². The molecule has 0 aliphatic rings. The highest BCUT2D eigenvalue weighted by Crippen LogP contribution is 2.28.